The topological polar surface area (TPSA) is 52.1 Å². The predicted molar refractivity (Wildman–Crippen MR) is 104 cm³/mol. The zero-order chi connectivity index (χ0) is 18.3. The number of nitrogens with zero attached hydrogens (tertiary/aromatic N) is 2. The van der Waals surface area contributed by atoms with Crippen LogP contribution in [0.25, 0.3) is 33.7 Å². The van der Waals surface area contributed by atoms with E-state index >= 15 is 0 Å². The van der Waals surface area contributed by atoms with Crippen molar-refractivity contribution in [3.63, 3.8) is 0 Å². The maximum absolute atomic E-state index is 6.03. The minimum Gasteiger partial charge on any atom is -0.441 e. The lowest BCUT2D eigenvalue weighted by Crippen LogP contribution is -2.10. The van der Waals surface area contributed by atoms with Crippen LogP contribution in [0.3, 0.4) is 0 Å². The lowest BCUT2D eigenvalue weighted by Gasteiger charge is -2.18. The molecule has 0 atom stereocenters. The van der Waals surface area contributed by atoms with E-state index in [1.54, 1.807) is 0 Å². The first-order chi connectivity index (χ1) is 12.5. The minimum absolute atomic E-state index is 0.0770. The van der Waals surface area contributed by atoms with Crippen molar-refractivity contribution >= 4 is 22.2 Å². The van der Waals surface area contributed by atoms with Crippen molar-refractivity contribution < 1.29 is 8.83 Å². The van der Waals surface area contributed by atoms with Gasteiger partial charge in [-0.15, -0.1) is 0 Å². The van der Waals surface area contributed by atoms with Gasteiger partial charge in [0.05, 0.1) is 5.56 Å². The molecule has 2 heterocycles. The van der Waals surface area contributed by atoms with E-state index in [2.05, 4.69) is 44.8 Å². The predicted octanol–water partition coefficient (Wildman–Crippen LogP) is 6.28. The lowest BCUT2D eigenvalue weighted by molar-refractivity contribution is 0.517. The fourth-order valence-corrected chi connectivity index (χ4v) is 3.11. The standard InChI is InChI=1S/C22H24N2O2/c1-5-6-10-19-24-20-15(8-7-9-18(20)25-19)21-23-16-13-14(22(2,3)4)11-12-17(16)26-21/h7-9,11-13H,5-6,10H2,1-4H3. The smallest absolute Gasteiger partial charge is 0.229 e. The molecule has 0 saturated heterocycles. The SMILES string of the molecule is CCCCc1nc2c(-c3nc4cc(C(C)(C)C)ccc4o3)cccc2o1. The van der Waals surface area contributed by atoms with Gasteiger partial charge in [0.25, 0.3) is 0 Å². The van der Waals surface area contributed by atoms with Crippen LogP contribution in [0.2, 0.25) is 0 Å². The first-order valence-corrected chi connectivity index (χ1v) is 9.25. The highest BCUT2D eigenvalue weighted by Gasteiger charge is 2.18. The van der Waals surface area contributed by atoms with E-state index in [4.69, 9.17) is 13.8 Å². The van der Waals surface area contributed by atoms with Crippen LogP contribution >= 0.6 is 0 Å². The molecule has 0 aliphatic heterocycles. The summed E-state index contributed by atoms with van der Waals surface area (Å²) in [6.07, 6.45) is 3.04. The Bertz CT molecular complexity index is 1070. The monoisotopic (exact) mass is 348 g/mol. The van der Waals surface area contributed by atoms with Crippen LogP contribution in [0.5, 0.6) is 0 Å². The maximum atomic E-state index is 6.03. The molecular formula is C22H24N2O2. The molecule has 0 fully saturated rings. The van der Waals surface area contributed by atoms with Crippen molar-refractivity contribution in [1.82, 2.24) is 9.97 Å². The van der Waals surface area contributed by atoms with Crippen LogP contribution in [0.1, 0.15) is 52.0 Å². The summed E-state index contributed by atoms with van der Waals surface area (Å²) in [4.78, 5) is 9.42. The van der Waals surface area contributed by atoms with Gasteiger partial charge in [-0.2, -0.15) is 0 Å². The highest BCUT2D eigenvalue weighted by atomic mass is 16.4. The summed E-state index contributed by atoms with van der Waals surface area (Å²) in [5.74, 6) is 1.37. The third kappa shape index (κ3) is 3.00. The van der Waals surface area contributed by atoms with Crippen molar-refractivity contribution in [3.8, 4) is 11.5 Å². The second kappa shape index (κ2) is 6.27. The molecular weight excluding hydrogens is 324 g/mol. The number of benzene rings is 2. The molecule has 0 unspecified atom stereocenters. The molecule has 4 nitrogen and oxygen atoms in total. The molecule has 0 amide bonds. The first kappa shape index (κ1) is 16.8. The van der Waals surface area contributed by atoms with Gasteiger partial charge in [0.1, 0.15) is 11.0 Å². The van der Waals surface area contributed by atoms with E-state index < -0.39 is 0 Å². The van der Waals surface area contributed by atoms with Gasteiger partial charge >= 0.3 is 0 Å². The van der Waals surface area contributed by atoms with E-state index in [0.717, 1.165) is 52.9 Å². The van der Waals surface area contributed by atoms with Gasteiger partial charge in [-0.3, -0.25) is 0 Å². The average molecular weight is 348 g/mol. The number of hydrogen-bond donors (Lipinski definition) is 0. The van der Waals surface area contributed by atoms with Gasteiger partial charge in [0.15, 0.2) is 17.1 Å². The summed E-state index contributed by atoms with van der Waals surface area (Å²) < 4.78 is 11.9. The van der Waals surface area contributed by atoms with Crippen LogP contribution in [-0.2, 0) is 11.8 Å². The van der Waals surface area contributed by atoms with Crippen molar-refractivity contribution in [1.29, 1.82) is 0 Å². The summed E-state index contributed by atoms with van der Waals surface area (Å²) in [7, 11) is 0. The Morgan fingerprint density at radius 3 is 2.58 bits per heavy atom. The van der Waals surface area contributed by atoms with E-state index in [-0.39, 0.29) is 5.41 Å². The number of fused-ring (bicyclic) bond motifs is 2. The molecule has 0 radical (unpaired) electrons. The van der Waals surface area contributed by atoms with Crippen molar-refractivity contribution in [2.24, 2.45) is 0 Å². The highest BCUT2D eigenvalue weighted by molar-refractivity contribution is 5.90. The van der Waals surface area contributed by atoms with Crippen LogP contribution in [-0.4, -0.2) is 9.97 Å². The molecule has 4 rings (SSSR count). The Hall–Kier alpha value is -2.62. The first-order valence-electron chi connectivity index (χ1n) is 9.25. The average Bonchev–Trinajstić information content (AvgIpc) is 3.21. The summed E-state index contributed by atoms with van der Waals surface area (Å²) in [5.41, 5.74) is 5.47. The van der Waals surface area contributed by atoms with Gasteiger partial charge in [-0.05, 0) is 41.7 Å². The summed E-state index contributed by atoms with van der Waals surface area (Å²) in [6.45, 7) is 8.76. The number of aromatic nitrogens is 2. The molecule has 2 aromatic carbocycles. The number of aryl methyl sites for hydroxylation is 1. The fraction of sp³-hybridized carbons (Fsp3) is 0.364. The van der Waals surface area contributed by atoms with Gasteiger partial charge < -0.3 is 8.83 Å². The molecule has 4 heteroatoms. The summed E-state index contributed by atoms with van der Waals surface area (Å²) in [6, 6.07) is 12.1. The molecule has 0 spiro atoms. The van der Waals surface area contributed by atoms with Gasteiger partial charge in [-0.1, -0.05) is 46.2 Å². The Morgan fingerprint density at radius 2 is 1.81 bits per heavy atom. The summed E-state index contributed by atoms with van der Waals surface area (Å²) >= 11 is 0. The summed E-state index contributed by atoms with van der Waals surface area (Å²) in [5, 5.41) is 0. The zero-order valence-electron chi connectivity index (χ0n) is 15.8. The normalized spacial score (nSPS) is 12.3. The molecule has 0 saturated carbocycles. The van der Waals surface area contributed by atoms with E-state index in [0.29, 0.717) is 5.89 Å². The van der Waals surface area contributed by atoms with Crippen LogP contribution in [0.15, 0.2) is 45.2 Å². The zero-order valence-corrected chi connectivity index (χ0v) is 15.8. The van der Waals surface area contributed by atoms with Crippen LogP contribution in [0, 0.1) is 0 Å². The number of unbranched alkanes of at least 4 members (excludes halogenated alkanes) is 1. The molecule has 26 heavy (non-hydrogen) atoms. The second-order valence-electron chi connectivity index (χ2n) is 7.81. The molecule has 0 aliphatic carbocycles. The van der Waals surface area contributed by atoms with E-state index in [1.807, 2.05) is 24.3 Å². The van der Waals surface area contributed by atoms with Crippen LogP contribution < -0.4 is 0 Å². The molecule has 4 aromatic rings. The van der Waals surface area contributed by atoms with Gasteiger partial charge in [-0.25, -0.2) is 9.97 Å². The molecule has 0 aliphatic rings. The number of hydrogen-bond acceptors (Lipinski definition) is 4. The molecule has 0 bridgehead atoms. The van der Waals surface area contributed by atoms with Crippen molar-refractivity contribution in [3.05, 3.63) is 47.9 Å². The lowest BCUT2D eigenvalue weighted by atomic mass is 9.87. The maximum Gasteiger partial charge on any atom is 0.229 e. The Labute approximate surface area is 153 Å². The van der Waals surface area contributed by atoms with E-state index in [9.17, 15) is 0 Å². The Morgan fingerprint density at radius 1 is 0.962 bits per heavy atom. The third-order valence-electron chi connectivity index (χ3n) is 4.69. The fourth-order valence-electron chi connectivity index (χ4n) is 3.11. The quantitative estimate of drug-likeness (QED) is 0.436. The molecule has 134 valence electrons. The minimum atomic E-state index is 0.0770. The number of rotatable bonds is 4. The van der Waals surface area contributed by atoms with Crippen molar-refractivity contribution in [2.45, 2.75) is 52.4 Å². The van der Waals surface area contributed by atoms with E-state index in [1.165, 1.54) is 5.56 Å². The van der Waals surface area contributed by atoms with Gasteiger partial charge in [0.2, 0.25) is 5.89 Å². The largest absolute Gasteiger partial charge is 0.441 e. The van der Waals surface area contributed by atoms with Crippen LogP contribution in [0.4, 0.5) is 0 Å². The number of para-hydroxylation sites is 1. The molecule has 0 N–H and O–H groups in total. The molecule has 2 aromatic heterocycles. The number of oxazole rings is 2. The Balaban J connectivity index is 1.80. The second-order valence-corrected chi connectivity index (χ2v) is 7.81. The van der Waals surface area contributed by atoms with Crippen molar-refractivity contribution in [2.75, 3.05) is 0 Å². The highest BCUT2D eigenvalue weighted by Crippen LogP contribution is 2.32. The van der Waals surface area contributed by atoms with Gasteiger partial charge in [0, 0.05) is 6.42 Å². The third-order valence-corrected chi connectivity index (χ3v) is 4.69. The Kier molecular flexibility index (Phi) is 4.06.